The molecule has 3 rings (SSSR count). The molecule has 6 heteroatoms. The van der Waals surface area contributed by atoms with Crippen LogP contribution in [0.1, 0.15) is 15.9 Å². The molecular weight excluding hydrogens is 261 g/mol. The zero-order valence-corrected chi connectivity index (χ0v) is 9.36. The van der Waals surface area contributed by atoms with Crippen molar-refractivity contribution in [2.45, 2.75) is 12.0 Å². The fourth-order valence-electron chi connectivity index (χ4n) is 2.25. The molecule has 1 atom stereocenters. The Morgan fingerprint density at radius 3 is 2.37 bits per heavy atom. The third-order valence-electron chi connectivity index (χ3n) is 3.11. The first-order valence-electron chi connectivity index (χ1n) is 5.39. The Bertz CT molecular complexity index is 688. The van der Waals surface area contributed by atoms with E-state index in [0.717, 1.165) is 6.07 Å². The predicted molar refractivity (Wildman–Crippen MR) is 59.3 cm³/mol. The standard InChI is InChI=1S/C13H7F3O3/c14-13(15,16)12(18)9-6-2-4-7-3-1-5-8(10(7)9)11(17)19-12/h1-6,18H/t12-/m0/s1. The molecule has 2 aromatic rings. The van der Waals surface area contributed by atoms with Crippen molar-refractivity contribution in [3.8, 4) is 0 Å². The van der Waals surface area contributed by atoms with Crippen LogP contribution in [0, 0.1) is 0 Å². The van der Waals surface area contributed by atoms with Crippen LogP contribution in [0.25, 0.3) is 10.8 Å². The maximum atomic E-state index is 13.0. The van der Waals surface area contributed by atoms with E-state index in [9.17, 15) is 23.1 Å². The number of alkyl halides is 3. The molecule has 1 aliphatic rings. The highest BCUT2D eigenvalue weighted by molar-refractivity contribution is 6.08. The zero-order valence-electron chi connectivity index (χ0n) is 9.36. The minimum absolute atomic E-state index is 0.0158. The molecule has 0 bridgehead atoms. The van der Waals surface area contributed by atoms with Crippen LogP contribution >= 0.6 is 0 Å². The van der Waals surface area contributed by atoms with Gasteiger partial charge in [-0.25, -0.2) is 4.79 Å². The Hall–Kier alpha value is -2.08. The number of halogens is 3. The summed E-state index contributed by atoms with van der Waals surface area (Å²) in [4.78, 5) is 11.7. The van der Waals surface area contributed by atoms with Crippen LogP contribution in [0.2, 0.25) is 0 Å². The van der Waals surface area contributed by atoms with Crippen molar-refractivity contribution < 1.29 is 27.8 Å². The molecule has 19 heavy (non-hydrogen) atoms. The van der Waals surface area contributed by atoms with Gasteiger partial charge >= 0.3 is 17.9 Å². The van der Waals surface area contributed by atoms with Gasteiger partial charge in [-0.2, -0.15) is 13.2 Å². The van der Waals surface area contributed by atoms with Crippen molar-refractivity contribution in [2.75, 3.05) is 0 Å². The lowest BCUT2D eigenvalue weighted by atomic mass is 9.91. The number of esters is 1. The normalized spacial score (nSPS) is 22.4. The van der Waals surface area contributed by atoms with E-state index in [2.05, 4.69) is 4.74 Å². The summed E-state index contributed by atoms with van der Waals surface area (Å²) in [6.45, 7) is 0. The van der Waals surface area contributed by atoms with Gasteiger partial charge in [0.05, 0.1) is 5.56 Å². The summed E-state index contributed by atoms with van der Waals surface area (Å²) in [7, 11) is 0. The Morgan fingerprint density at radius 1 is 1.11 bits per heavy atom. The fraction of sp³-hybridized carbons (Fsp3) is 0.154. The Morgan fingerprint density at radius 2 is 1.74 bits per heavy atom. The Labute approximate surface area is 105 Å². The van der Waals surface area contributed by atoms with E-state index in [0.29, 0.717) is 5.39 Å². The Balaban J connectivity index is 2.45. The summed E-state index contributed by atoms with van der Waals surface area (Å²) in [6.07, 6.45) is -5.11. The molecule has 0 aromatic heterocycles. The summed E-state index contributed by atoms with van der Waals surface area (Å²) >= 11 is 0. The van der Waals surface area contributed by atoms with E-state index in [1.165, 1.54) is 12.1 Å². The first-order chi connectivity index (χ1) is 8.84. The quantitative estimate of drug-likeness (QED) is 0.747. The third kappa shape index (κ3) is 1.46. The SMILES string of the molecule is O=C1O[C@](O)(C(F)(F)F)c2cccc3cccc1c23. The maximum absolute atomic E-state index is 13.0. The lowest BCUT2D eigenvalue weighted by Crippen LogP contribution is -2.48. The maximum Gasteiger partial charge on any atom is 0.460 e. The number of cyclic esters (lactones) is 1. The second kappa shape index (κ2) is 3.48. The highest BCUT2D eigenvalue weighted by atomic mass is 19.4. The molecule has 3 nitrogen and oxygen atoms in total. The zero-order chi connectivity index (χ0) is 13.8. The van der Waals surface area contributed by atoms with Crippen LogP contribution in [0.15, 0.2) is 36.4 Å². The molecule has 98 valence electrons. The average Bonchev–Trinajstić information content (AvgIpc) is 2.34. The lowest BCUT2D eigenvalue weighted by Gasteiger charge is -2.34. The number of benzene rings is 2. The monoisotopic (exact) mass is 268 g/mol. The fourth-order valence-corrected chi connectivity index (χ4v) is 2.25. The van der Waals surface area contributed by atoms with Crippen molar-refractivity contribution >= 4 is 16.7 Å². The van der Waals surface area contributed by atoms with Crippen LogP contribution in [-0.2, 0) is 10.5 Å². The minimum atomic E-state index is -5.11. The molecule has 0 spiro atoms. The first-order valence-corrected chi connectivity index (χ1v) is 5.39. The number of carbonyl (C=O) groups excluding carboxylic acids is 1. The molecular formula is C13H7F3O3. The Kier molecular flexibility index (Phi) is 2.19. The van der Waals surface area contributed by atoms with E-state index in [1.807, 2.05) is 0 Å². The molecule has 0 saturated heterocycles. The van der Waals surface area contributed by atoms with Crippen LogP contribution in [0.4, 0.5) is 13.2 Å². The van der Waals surface area contributed by atoms with Crippen LogP contribution in [-0.4, -0.2) is 17.3 Å². The van der Waals surface area contributed by atoms with E-state index < -0.39 is 23.5 Å². The summed E-state index contributed by atoms with van der Waals surface area (Å²) in [6, 6.07) is 8.52. The van der Waals surface area contributed by atoms with Crippen LogP contribution < -0.4 is 0 Å². The third-order valence-corrected chi connectivity index (χ3v) is 3.11. The van der Waals surface area contributed by atoms with E-state index in [4.69, 9.17) is 0 Å². The van der Waals surface area contributed by atoms with Crippen LogP contribution in [0.3, 0.4) is 0 Å². The van der Waals surface area contributed by atoms with Gasteiger partial charge < -0.3 is 9.84 Å². The van der Waals surface area contributed by atoms with Crippen molar-refractivity contribution in [2.24, 2.45) is 0 Å². The summed E-state index contributed by atoms with van der Waals surface area (Å²) < 4.78 is 43.2. The highest BCUT2D eigenvalue weighted by Gasteiger charge is 2.61. The van der Waals surface area contributed by atoms with Gasteiger partial charge in [-0.15, -0.1) is 0 Å². The van der Waals surface area contributed by atoms with E-state index >= 15 is 0 Å². The van der Waals surface area contributed by atoms with Crippen molar-refractivity contribution in [3.63, 3.8) is 0 Å². The summed E-state index contributed by atoms with van der Waals surface area (Å²) in [5.74, 6) is -4.79. The van der Waals surface area contributed by atoms with Gasteiger partial charge in [0.2, 0.25) is 0 Å². The van der Waals surface area contributed by atoms with Gasteiger partial charge in [-0.3, -0.25) is 0 Å². The molecule has 0 unspecified atom stereocenters. The van der Waals surface area contributed by atoms with Crippen LogP contribution in [0.5, 0.6) is 0 Å². The number of aliphatic hydroxyl groups is 1. The van der Waals surface area contributed by atoms with Gasteiger partial charge in [-0.05, 0) is 11.5 Å². The topological polar surface area (TPSA) is 46.5 Å². The van der Waals surface area contributed by atoms with Gasteiger partial charge in [0.15, 0.2) is 0 Å². The summed E-state index contributed by atoms with van der Waals surface area (Å²) in [5.41, 5.74) is -0.449. The van der Waals surface area contributed by atoms with Gasteiger partial charge in [-0.1, -0.05) is 30.3 Å². The van der Waals surface area contributed by atoms with Crippen molar-refractivity contribution in [3.05, 3.63) is 47.5 Å². The van der Waals surface area contributed by atoms with E-state index in [1.54, 1.807) is 18.2 Å². The second-order valence-corrected chi connectivity index (χ2v) is 4.24. The molecule has 1 aliphatic heterocycles. The molecule has 0 amide bonds. The van der Waals surface area contributed by atoms with Crippen molar-refractivity contribution in [1.82, 2.24) is 0 Å². The first kappa shape index (κ1) is 12.0. The molecule has 1 heterocycles. The highest BCUT2D eigenvalue weighted by Crippen LogP contribution is 2.46. The van der Waals surface area contributed by atoms with E-state index in [-0.39, 0.29) is 10.9 Å². The van der Waals surface area contributed by atoms with Crippen molar-refractivity contribution in [1.29, 1.82) is 0 Å². The number of ether oxygens (including phenoxy) is 1. The molecule has 0 aliphatic carbocycles. The number of hydrogen-bond acceptors (Lipinski definition) is 3. The number of rotatable bonds is 0. The van der Waals surface area contributed by atoms with Gasteiger partial charge in [0.1, 0.15) is 0 Å². The molecule has 0 radical (unpaired) electrons. The largest absolute Gasteiger partial charge is 0.460 e. The molecule has 0 fully saturated rings. The predicted octanol–water partition coefficient (Wildman–Crippen LogP) is 2.72. The lowest BCUT2D eigenvalue weighted by molar-refractivity contribution is -0.355. The number of hydrogen-bond donors (Lipinski definition) is 1. The smallest absolute Gasteiger partial charge is 0.415 e. The average molecular weight is 268 g/mol. The second-order valence-electron chi connectivity index (χ2n) is 4.24. The van der Waals surface area contributed by atoms with Gasteiger partial charge in [0.25, 0.3) is 0 Å². The summed E-state index contributed by atoms with van der Waals surface area (Å²) in [5, 5.41) is 10.3. The molecule has 1 N–H and O–H groups in total. The van der Waals surface area contributed by atoms with Gasteiger partial charge in [0, 0.05) is 10.9 Å². The molecule has 0 saturated carbocycles. The minimum Gasteiger partial charge on any atom is -0.415 e. The number of carbonyl (C=O) groups is 1. The molecule has 2 aromatic carbocycles.